The van der Waals surface area contributed by atoms with E-state index in [1.54, 1.807) is 6.07 Å². The summed E-state index contributed by atoms with van der Waals surface area (Å²) in [6, 6.07) is 16.4. The second-order valence-electron chi connectivity index (χ2n) is 8.94. The van der Waals surface area contributed by atoms with E-state index >= 15 is 0 Å². The van der Waals surface area contributed by atoms with Crippen LogP contribution in [0.1, 0.15) is 54.4 Å². The minimum atomic E-state index is -0.363. The summed E-state index contributed by atoms with van der Waals surface area (Å²) < 4.78 is 0. The van der Waals surface area contributed by atoms with Gasteiger partial charge in [-0.1, -0.05) is 35.9 Å². The average molecular weight is 431 g/mol. The van der Waals surface area contributed by atoms with E-state index in [0.29, 0.717) is 10.6 Å². The van der Waals surface area contributed by atoms with E-state index in [1.165, 1.54) is 0 Å². The van der Waals surface area contributed by atoms with Crippen LogP contribution in [0.5, 0.6) is 0 Å². The molecular formula is C25H23ClN4O. The van der Waals surface area contributed by atoms with Gasteiger partial charge in [0.2, 0.25) is 0 Å². The third-order valence-electron chi connectivity index (χ3n) is 7.35. The Morgan fingerprint density at radius 2 is 1.94 bits per heavy atom. The monoisotopic (exact) mass is 430 g/mol. The molecule has 0 aromatic heterocycles. The number of nitrogens with one attached hydrogen (secondary N) is 1. The highest BCUT2D eigenvalue weighted by molar-refractivity contribution is 6.34. The zero-order valence-electron chi connectivity index (χ0n) is 17.1. The SMILES string of the molecule is N#CN1[C@H]2CC[C@@H]1[C@H](NC(=O)c1ccc(-c3cccc(C4(C#N)CCC4)c3)cc1Cl)C2. The maximum absolute atomic E-state index is 12.9. The molecule has 3 atom stereocenters. The van der Waals surface area contributed by atoms with E-state index in [4.69, 9.17) is 11.6 Å². The summed E-state index contributed by atoms with van der Waals surface area (Å²) in [5.74, 6) is -0.196. The van der Waals surface area contributed by atoms with E-state index in [9.17, 15) is 15.3 Å². The summed E-state index contributed by atoms with van der Waals surface area (Å²) >= 11 is 6.51. The summed E-state index contributed by atoms with van der Waals surface area (Å²) in [6.07, 6.45) is 7.93. The maximum atomic E-state index is 12.9. The Hall–Kier alpha value is -3.02. The van der Waals surface area contributed by atoms with Crippen LogP contribution < -0.4 is 5.32 Å². The van der Waals surface area contributed by atoms with Gasteiger partial charge in [0.1, 0.15) is 0 Å². The van der Waals surface area contributed by atoms with Crippen molar-refractivity contribution >= 4 is 17.5 Å². The Kier molecular flexibility index (Phi) is 4.88. The highest BCUT2D eigenvalue weighted by Gasteiger charge is 2.46. The molecule has 1 aliphatic carbocycles. The molecule has 31 heavy (non-hydrogen) atoms. The average Bonchev–Trinajstić information content (AvgIpc) is 3.30. The fourth-order valence-corrected chi connectivity index (χ4v) is 5.68. The molecule has 5 rings (SSSR count). The third-order valence-corrected chi connectivity index (χ3v) is 7.66. The first-order chi connectivity index (χ1) is 15.0. The lowest BCUT2D eigenvalue weighted by atomic mass is 9.65. The largest absolute Gasteiger partial charge is 0.347 e. The van der Waals surface area contributed by atoms with Crippen molar-refractivity contribution in [3.8, 4) is 23.4 Å². The summed E-state index contributed by atoms with van der Waals surface area (Å²) in [5, 5.41) is 22.5. The second kappa shape index (κ2) is 7.59. The smallest absolute Gasteiger partial charge is 0.253 e. The van der Waals surface area contributed by atoms with Crippen LogP contribution in [0.4, 0.5) is 0 Å². The minimum absolute atomic E-state index is 0.0111. The van der Waals surface area contributed by atoms with Crippen LogP contribution in [0.15, 0.2) is 42.5 Å². The first-order valence-corrected chi connectivity index (χ1v) is 11.2. The molecule has 2 heterocycles. The lowest BCUT2D eigenvalue weighted by Gasteiger charge is -2.35. The fourth-order valence-electron chi connectivity index (χ4n) is 5.42. The Bertz CT molecular complexity index is 1130. The van der Waals surface area contributed by atoms with Gasteiger partial charge >= 0.3 is 0 Å². The van der Waals surface area contributed by atoms with Crippen LogP contribution in [-0.4, -0.2) is 28.9 Å². The van der Waals surface area contributed by atoms with Crippen molar-refractivity contribution in [2.45, 2.75) is 62.1 Å². The van der Waals surface area contributed by atoms with Gasteiger partial charge in [-0.25, -0.2) is 0 Å². The standard InChI is InChI=1S/C25H23ClN4O/c26-21-12-17(16-3-1-4-18(11-16)25(14-27)9-2-10-25)5-7-20(21)24(31)29-22-13-19-6-8-23(22)30(19)15-28/h1,3-5,7,11-12,19,22-23H,2,6,8-10,13H2,(H,29,31)/t19-,22+,23+/m0/s1. The van der Waals surface area contributed by atoms with Gasteiger partial charge in [-0.05, 0) is 73.4 Å². The normalized spacial score (nSPS) is 25.4. The van der Waals surface area contributed by atoms with Gasteiger partial charge < -0.3 is 10.2 Å². The van der Waals surface area contributed by atoms with Gasteiger partial charge in [0.05, 0.1) is 34.2 Å². The zero-order valence-corrected chi connectivity index (χ0v) is 17.9. The van der Waals surface area contributed by atoms with E-state index in [-0.39, 0.29) is 29.4 Å². The number of halogens is 1. The molecule has 2 aliphatic heterocycles. The van der Waals surface area contributed by atoms with E-state index in [0.717, 1.165) is 55.2 Å². The molecule has 2 saturated heterocycles. The molecule has 1 amide bonds. The van der Waals surface area contributed by atoms with Crippen LogP contribution in [0, 0.1) is 22.8 Å². The quantitative estimate of drug-likeness (QED) is 0.708. The molecule has 2 aromatic rings. The summed E-state index contributed by atoms with van der Waals surface area (Å²) in [4.78, 5) is 14.7. The van der Waals surface area contributed by atoms with Crippen molar-refractivity contribution in [3.63, 3.8) is 0 Å². The van der Waals surface area contributed by atoms with Gasteiger partial charge in [0, 0.05) is 6.04 Å². The maximum Gasteiger partial charge on any atom is 0.253 e. The van der Waals surface area contributed by atoms with Crippen molar-refractivity contribution in [2.75, 3.05) is 0 Å². The number of nitriles is 2. The van der Waals surface area contributed by atoms with Crippen LogP contribution in [0.25, 0.3) is 11.1 Å². The molecule has 5 nitrogen and oxygen atoms in total. The van der Waals surface area contributed by atoms with Crippen LogP contribution in [0.3, 0.4) is 0 Å². The first kappa shape index (κ1) is 19.9. The number of carbonyl (C=O) groups excluding carboxylic acids is 1. The minimum Gasteiger partial charge on any atom is -0.347 e. The lowest BCUT2D eigenvalue weighted by molar-refractivity contribution is 0.0928. The highest BCUT2D eigenvalue weighted by atomic mass is 35.5. The predicted octanol–water partition coefficient (Wildman–Crippen LogP) is 4.77. The van der Waals surface area contributed by atoms with Gasteiger partial charge in [-0.2, -0.15) is 10.5 Å². The molecule has 2 bridgehead atoms. The van der Waals surface area contributed by atoms with Crippen LogP contribution in [0.2, 0.25) is 5.02 Å². The third kappa shape index (κ3) is 3.25. The second-order valence-corrected chi connectivity index (χ2v) is 9.35. The number of amides is 1. The van der Waals surface area contributed by atoms with Crippen molar-refractivity contribution < 1.29 is 4.79 Å². The van der Waals surface area contributed by atoms with Crippen LogP contribution >= 0.6 is 11.6 Å². The molecule has 0 spiro atoms. The molecule has 0 radical (unpaired) electrons. The van der Waals surface area contributed by atoms with E-state index in [2.05, 4.69) is 23.6 Å². The Morgan fingerprint density at radius 3 is 2.58 bits per heavy atom. The molecule has 2 aromatic carbocycles. The number of rotatable bonds is 4. The van der Waals surface area contributed by atoms with Gasteiger partial charge in [-0.3, -0.25) is 4.79 Å². The van der Waals surface area contributed by atoms with E-state index in [1.807, 2.05) is 35.2 Å². The number of hydrogen-bond donors (Lipinski definition) is 1. The summed E-state index contributed by atoms with van der Waals surface area (Å²) in [7, 11) is 0. The fraction of sp³-hybridized carbons (Fsp3) is 0.400. The first-order valence-electron chi connectivity index (χ1n) is 10.9. The molecular weight excluding hydrogens is 408 g/mol. The predicted molar refractivity (Wildman–Crippen MR) is 118 cm³/mol. The van der Waals surface area contributed by atoms with Crippen molar-refractivity contribution in [1.29, 1.82) is 10.5 Å². The summed E-state index contributed by atoms with van der Waals surface area (Å²) in [6.45, 7) is 0. The zero-order chi connectivity index (χ0) is 21.6. The Labute approximate surface area is 187 Å². The van der Waals surface area contributed by atoms with Gasteiger partial charge in [0.25, 0.3) is 5.91 Å². The summed E-state index contributed by atoms with van der Waals surface area (Å²) in [5.41, 5.74) is 3.05. The van der Waals surface area contributed by atoms with Crippen LogP contribution in [-0.2, 0) is 5.41 Å². The lowest BCUT2D eigenvalue weighted by Crippen LogP contribution is -2.43. The van der Waals surface area contributed by atoms with Crippen molar-refractivity contribution in [2.24, 2.45) is 0 Å². The Balaban J connectivity index is 1.35. The number of nitrogens with zero attached hydrogens (tertiary/aromatic N) is 3. The van der Waals surface area contributed by atoms with Crippen molar-refractivity contribution in [1.82, 2.24) is 10.2 Å². The number of hydrogen-bond acceptors (Lipinski definition) is 4. The molecule has 156 valence electrons. The molecule has 0 unspecified atom stereocenters. The topological polar surface area (TPSA) is 79.9 Å². The Morgan fingerprint density at radius 1 is 1.13 bits per heavy atom. The number of fused-ring (bicyclic) bond motifs is 2. The molecule has 1 N–H and O–H groups in total. The van der Waals surface area contributed by atoms with E-state index < -0.39 is 0 Å². The van der Waals surface area contributed by atoms with Crippen molar-refractivity contribution in [3.05, 3.63) is 58.6 Å². The molecule has 3 fully saturated rings. The van der Waals surface area contributed by atoms with Gasteiger partial charge in [-0.15, -0.1) is 0 Å². The van der Waals surface area contributed by atoms with Gasteiger partial charge in [0.15, 0.2) is 6.19 Å². The highest BCUT2D eigenvalue weighted by Crippen LogP contribution is 2.44. The number of carbonyl (C=O) groups is 1. The number of benzene rings is 2. The molecule has 1 saturated carbocycles. The molecule has 3 aliphatic rings. The molecule has 6 heteroatoms.